The van der Waals surface area contributed by atoms with Crippen LogP contribution in [0.2, 0.25) is 0 Å². The Morgan fingerprint density at radius 3 is 2.87 bits per heavy atom. The molecule has 1 atom stereocenters. The lowest BCUT2D eigenvalue weighted by Gasteiger charge is -2.10. The van der Waals surface area contributed by atoms with E-state index in [0.29, 0.717) is 12.4 Å². The number of nitrogens with zero attached hydrogens (tertiary/aromatic N) is 1. The van der Waals surface area contributed by atoms with Crippen molar-refractivity contribution in [1.82, 2.24) is 4.98 Å². The highest BCUT2D eigenvalue weighted by molar-refractivity contribution is 8.13. The van der Waals surface area contributed by atoms with E-state index in [1.807, 2.05) is 0 Å². The highest BCUT2D eigenvalue weighted by Gasteiger charge is 2.13. The lowest BCUT2D eigenvalue weighted by Crippen LogP contribution is -2.16. The van der Waals surface area contributed by atoms with Crippen LogP contribution in [0.1, 0.15) is 6.92 Å². The van der Waals surface area contributed by atoms with Gasteiger partial charge in [-0.15, -0.1) is 0 Å². The molecule has 0 spiro atoms. The first-order valence-corrected chi connectivity index (χ1v) is 6.90. The van der Waals surface area contributed by atoms with Crippen LogP contribution in [0, 0.1) is 5.92 Å². The molecule has 0 fully saturated rings. The number of pyridine rings is 1. The van der Waals surface area contributed by atoms with Crippen molar-refractivity contribution < 1.29 is 13.2 Å². The van der Waals surface area contributed by atoms with Crippen molar-refractivity contribution in [3.05, 3.63) is 24.5 Å². The van der Waals surface area contributed by atoms with Crippen molar-refractivity contribution in [2.45, 2.75) is 6.92 Å². The van der Waals surface area contributed by atoms with Crippen molar-refractivity contribution in [3.8, 4) is 5.75 Å². The molecular weight excluding hydrogens is 238 g/mol. The van der Waals surface area contributed by atoms with Crippen LogP contribution in [0.4, 0.5) is 0 Å². The summed E-state index contributed by atoms with van der Waals surface area (Å²) in [6.07, 6.45) is 3.21. The Balaban J connectivity index is 2.38. The second-order valence-corrected chi connectivity index (χ2v) is 6.13. The molecule has 0 radical (unpaired) electrons. The summed E-state index contributed by atoms with van der Waals surface area (Å²) in [5, 5.41) is 0. The zero-order valence-electron chi connectivity index (χ0n) is 8.26. The molecule has 1 rings (SSSR count). The van der Waals surface area contributed by atoms with E-state index in [1.165, 1.54) is 0 Å². The van der Waals surface area contributed by atoms with Gasteiger partial charge in [-0.25, -0.2) is 8.42 Å². The van der Waals surface area contributed by atoms with Gasteiger partial charge in [0.05, 0.1) is 18.6 Å². The Morgan fingerprint density at radius 1 is 1.60 bits per heavy atom. The van der Waals surface area contributed by atoms with E-state index in [4.69, 9.17) is 15.4 Å². The van der Waals surface area contributed by atoms with Crippen molar-refractivity contribution in [1.29, 1.82) is 0 Å². The van der Waals surface area contributed by atoms with Gasteiger partial charge in [-0.05, 0) is 12.1 Å². The van der Waals surface area contributed by atoms with Gasteiger partial charge in [-0.2, -0.15) is 0 Å². The largest absolute Gasteiger partial charge is 0.492 e. The number of aromatic nitrogens is 1. The normalized spacial score (nSPS) is 13.5. The molecule has 1 aromatic heterocycles. The first-order valence-electron chi connectivity index (χ1n) is 4.42. The number of hydrogen-bond donors (Lipinski definition) is 0. The molecule has 4 nitrogen and oxygen atoms in total. The summed E-state index contributed by atoms with van der Waals surface area (Å²) in [6, 6.07) is 3.51. The summed E-state index contributed by atoms with van der Waals surface area (Å²) in [7, 11) is 1.66. The predicted octanol–water partition coefficient (Wildman–Crippen LogP) is 1.67. The van der Waals surface area contributed by atoms with Crippen LogP contribution in [0.3, 0.4) is 0 Å². The Hall–Kier alpha value is -0.810. The van der Waals surface area contributed by atoms with Crippen molar-refractivity contribution in [2.24, 2.45) is 5.92 Å². The molecule has 6 heteroatoms. The van der Waals surface area contributed by atoms with Gasteiger partial charge < -0.3 is 4.74 Å². The highest BCUT2D eigenvalue weighted by atomic mass is 35.7. The maximum atomic E-state index is 10.8. The number of hydrogen-bond acceptors (Lipinski definition) is 4. The average Bonchev–Trinajstić information content (AvgIpc) is 2.14. The van der Waals surface area contributed by atoms with Gasteiger partial charge in [0.15, 0.2) is 0 Å². The van der Waals surface area contributed by atoms with Gasteiger partial charge in [0, 0.05) is 22.8 Å². The quantitative estimate of drug-likeness (QED) is 0.745. The third-order valence-electron chi connectivity index (χ3n) is 1.65. The molecule has 0 aliphatic heterocycles. The van der Waals surface area contributed by atoms with Crippen molar-refractivity contribution in [2.75, 3.05) is 12.4 Å². The molecule has 84 valence electrons. The fraction of sp³-hybridized carbons (Fsp3) is 0.444. The molecular formula is C9H12ClNO3S. The third kappa shape index (κ3) is 5.59. The molecule has 0 aromatic carbocycles. The number of halogens is 1. The zero-order valence-corrected chi connectivity index (χ0v) is 9.83. The van der Waals surface area contributed by atoms with Crippen LogP contribution in [-0.2, 0) is 9.05 Å². The molecule has 0 saturated carbocycles. The summed E-state index contributed by atoms with van der Waals surface area (Å²) in [5.41, 5.74) is 0. The fourth-order valence-corrected chi connectivity index (χ4v) is 2.48. The summed E-state index contributed by atoms with van der Waals surface area (Å²) in [6.45, 7) is 2.06. The van der Waals surface area contributed by atoms with Crippen LogP contribution in [0.15, 0.2) is 24.5 Å². The maximum Gasteiger partial charge on any atom is 0.232 e. The highest BCUT2D eigenvalue weighted by Crippen LogP contribution is 2.10. The molecule has 15 heavy (non-hydrogen) atoms. The van der Waals surface area contributed by atoms with Gasteiger partial charge >= 0.3 is 0 Å². The summed E-state index contributed by atoms with van der Waals surface area (Å²) in [4.78, 5) is 3.87. The third-order valence-corrected chi connectivity index (χ3v) is 3.00. The van der Waals surface area contributed by atoms with E-state index in [1.54, 1.807) is 31.5 Å². The van der Waals surface area contributed by atoms with Crippen LogP contribution < -0.4 is 4.74 Å². The van der Waals surface area contributed by atoms with E-state index < -0.39 is 9.05 Å². The van der Waals surface area contributed by atoms with Gasteiger partial charge in [0.25, 0.3) is 0 Å². The van der Waals surface area contributed by atoms with Gasteiger partial charge in [0.2, 0.25) is 9.05 Å². The average molecular weight is 250 g/mol. The van der Waals surface area contributed by atoms with Crippen molar-refractivity contribution in [3.63, 3.8) is 0 Å². The monoisotopic (exact) mass is 249 g/mol. The van der Waals surface area contributed by atoms with Gasteiger partial charge in [0.1, 0.15) is 5.75 Å². The molecule has 0 aliphatic rings. The molecule has 0 amide bonds. The molecule has 1 heterocycles. The number of rotatable bonds is 5. The maximum absolute atomic E-state index is 10.8. The molecule has 0 saturated heterocycles. The minimum Gasteiger partial charge on any atom is -0.492 e. The molecule has 0 aliphatic carbocycles. The van der Waals surface area contributed by atoms with Gasteiger partial charge in [-0.3, -0.25) is 4.98 Å². The second-order valence-electron chi connectivity index (χ2n) is 3.31. The second kappa shape index (κ2) is 5.32. The van der Waals surface area contributed by atoms with Crippen LogP contribution in [0.25, 0.3) is 0 Å². The summed E-state index contributed by atoms with van der Waals surface area (Å²) < 4.78 is 26.8. The fourth-order valence-electron chi connectivity index (χ4n) is 1.06. The standard InChI is InChI=1S/C9H12ClNO3S/c1-8(7-15(10,12)13)6-14-9-3-2-4-11-5-9/h2-5,8H,6-7H2,1H3. The zero-order chi connectivity index (χ0) is 11.3. The Kier molecular flexibility index (Phi) is 4.35. The van der Waals surface area contributed by atoms with Gasteiger partial charge in [-0.1, -0.05) is 6.92 Å². The molecule has 0 bridgehead atoms. The van der Waals surface area contributed by atoms with E-state index in [-0.39, 0.29) is 11.7 Å². The van der Waals surface area contributed by atoms with Crippen LogP contribution in [0.5, 0.6) is 5.75 Å². The number of ether oxygens (including phenoxy) is 1. The first-order chi connectivity index (χ1) is 6.97. The minimum atomic E-state index is -3.45. The molecule has 1 unspecified atom stereocenters. The lowest BCUT2D eigenvalue weighted by molar-refractivity contribution is 0.271. The lowest BCUT2D eigenvalue weighted by atomic mass is 10.2. The molecule has 1 aromatic rings. The summed E-state index contributed by atoms with van der Waals surface area (Å²) >= 11 is 0. The van der Waals surface area contributed by atoms with E-state index in [0.717, 1.165) is 0 Å². The van der Waals surface area contributed by atoms with Crippen LogP contribution >= 0.6 is 10.7 Å². The van der Waals surface area contributed by atoms with Crippen molar-refractivity contribution >= 4 is 19.7 Å². The Labute approximate surface area is 93.7 Å². The van der Waals surface area contributed by atoms with Crippen LogP contribution in [-0.4, -0.2) is 25.8 Å². The molecule has 0 N–H and O–H groups in total. The Morgan fingerprint density at radius 2 is 2.33 bits per heavy atom. The predicted molar refractivity (Wildman–Crippen MR) is 58.5 cm³/mol. The van der Waals surface area contributed by atoms with E-state index in [2.05, 4.69) is 4.98 Å². The topological polar surface area (TPSA) is 56.3 Å². The SMILES string of the molecule is CC(COc1cccnc1)CS(=O)(=O)Cl. The van der Waals surface area contributed by atoms with E-state index >= 15 is 0 Å². The minimum absolute atomic E-state index is 0.0885. The Bertz CT molecular complexity index is 393. The summed E-state index contributed by atoms with van der Waals surface area (Å²) in [5.74, 6) is 0.387. The first kappa shape index (κ1) is 12.3. The van der Waals surface area contributed by atoms with E-state index in [9.17, 15) is 8.42 Å². The smallest absolute Gasteiger partial charge is 0.232 e.